The van der Waals surface area contributed by atoms with Crippen molar-refractivity contribution in [2.75, 3.05) is 5.32 Å². The van der Waals surface area contributed by atoms with Crippen LogP contribution < -0.4 is 5.32 Å². The molecule has 1 heterocycles. The van der Waals surface area contributed by atoms with Crippen LogP contribution in [-0.4, -0.2) is 23.2 Å². The van der Waals surface area contributed by atoms with E-state index in [2.05, 4.69) is 5.32 Å². The molecule has 0 spiro atoms. The summed E-state index contributed by atoms with van der Waals surface area (Å²) in [5, 5.41) is 11.1. The molecule has 0 aliphatic rings. The Hall–Kier alpha value is -1.57. The Morgan fingerprint density at radius 3 is 2.56 bits per heavy atom. The lowest BCUT2D eigenvalue weighted by atomic mass is 10.2. The number of hydrogen-bond donors (Lipinski definition) is 2. The highest BCUT2D eigenvalue weighted by Crippen LogP contribution is 2.28. The summed E-state index contributed by atoms with van der Waals surface area (Å²) < 4.78 is 35.7. The lowest BCUT2D eigenvalue weighted by Crippen LogP contribution is -2.17. The average molecular weight is 281 g/mol. The van der Waals surface area contributed by atoms with Gasteiger partial charge < -0.3 is 10.4 Å². The zero-order chi connectivity index (χ0) is 13.9. The van der Waals surface area contributed by atoms with Crippen LogP contribution in [0.1, 0.15) is 28.1 Å². The molecular formula is C10H10F3NO3S. The Kier molecular flexibility index (Phi) is 4.33. The Labute approximate surface area is 104 Å². The van der Waals surface area contributed by atoms with Gasteiger partial charge in [0.1, 0.15) is 5.00 Å². The number of aryl methyl sites for hydroxylation is 1. The zero-order valence-electron chi connectivity index (χ0n) is 9.30. The SMILES string of the molecule is Cc1cc(C(=O)O)c(NC(=O)CCC(F)(F)F)s1. The van der Waals surface area contributed by atoms with E-state index in [1.54, 1.807) is 6.92 Å². The molecule has 100 valence electrons. The van der Waals surface area contributed by atoms with Gasteiger partial charge in [-0.1, -0.05) is 0 Å². The Balaban J connectivity index is 2.67. The minimum atomic E-state index is -4.40. The zero-order valence-corrected chi connectivity index (χ0v) is 10.1. The van der Waals surface area contributed by atoms with Crippen molar-refractivity contribution >= 4 is 28.2 Å². The first-order valence-corrected chi connectivity index (χ1v) is 5.71. The minimum Gasteiger partial charge on any atom is -0.478 e. The van der Waals surface area contributed by atoms with Crippen LogP contribution in [0.25, 0.3) is 0 Å². The van der Waals surface area contributed by atoms with Crippen molar-refractivity contribution in [3.05, 3.63) is 16.5 Å². The van der Waals surface area contributed by atoms with Gasteiger partial charge in [0, 0.05) is 11.3 Å². The van der Waals surface area contributed by atoms with Gasteiger partial charge >= 0.3 is 12.1 Å². The van der Waals surface area contributed by atoms with Crippen molar-refractivity contribution in [1.82, 2.24) is 0 Å². The molecule has 0 saturated heterocycles. The maximum Gasteiger partial charge on any atom is 0.389 e. The number of alkyl halides is 3. The summed E-state index contributed by atoms with van der Waals surface area (Å²) >= 11 is 1.01. The van der Waals surface area contributed by atoms with Crippen LogP contribution in [0.4, 0.5) is 18.2 Å². The second-order valence-electron chi connectivity index (χ2n) is 3.57. The number of carbonyl (C=O) groups excluding carboxylic acids is 1. The normalized spacial score (nSPS) is 11.3. The van der Waals surface area contributed by atoms with Crippen molar-refractivity contribution in [2.45, 2.75) is 25.9 Å². The Bertz CT molecular complexity index is 467. The maximum atomic E-state index is 11.9. The van der Waals surface area contributed by atoms with E-state index < -0.39 is 30.9 Å². The average Bonchev–Trinajstić information content (AvgIpc) is 2.55. The highest BCUT2D eigenvalue weighted by atomic mass is 32.1. The molecule has 0 aliphatic carbocycles. The second-order valence-corrected chi connectivity index (χ2v) is 4.82. The van der Waals surface area contributed by atoms with Gasteiger partial charge in [0.05, 0.1) is 12.0 Å². The number of rotatable bonds is 4. The fourth-order valence-electron chi connectivity index (χ4n) is 1.21. The molecule has 2 N–H and O–H groups in total. The lowest BCUT2D eigenvalue weighted by Gasteiger charge is -2.06. The van der Waals surface area contributed by atoms with Gasteiger partial charge in [-0.25, -0.2) is 4.79 Å². The van der Waals surface area contributed by atoms with Crippen LogP contribution in [0.5, 0.6) is 0 Å². The number of carboxylic acid groups (broad SMARTS) is 1. The number of thiophene rings is 1. The maximum absolute atomic E-state index is 11.9. The van der Waals surface area contributed by atoms with Crippen molar-refractivity contribution in [3.63, 3.8) is 0 Å². The predicted molar refractivity (Wildman–Crippen MR) is 59.9 cm³/mol. The number of nitrogens with one attached hydrogen (secondary N) is 1. The summed E-state index contributed by atoms with van der Waals surface area (Å²) in [4.78, 5) is 22.7. The van der Waals surface area contributed by atoms with E-state index in [-0.39, 0.29) is 10.6 Å². The largest absolute Gasteiger partial charge is 0.478 e. The van der Waals surface area contributed by atoms with E-state index in [4.69, 9.17) is 5.11 Å². The summed E-state index contributed by atoms with van der Waals surface area (Å²) in [5.74, 6) is -2.08. The molecule has 1 rings (SSSR count). The molecule has 0 aliphatic heterocycles. The molecule has 0 radical (unpaired) electrons. The van der Waals surface area contributed by atoms with Crippen LogP contribution in [-0.2, 0) is 4.79 Å². The van der Waals surface area contributed by atoms with Crippen molar-refractivity contribution in [1.29, 1.82) is 0 Å². The fraction of sp³-hybridized carbons (Fsp3) is 0.400. The third-order valence-electron chi connectivity index (χ3n) is 1.97. The number of carbonyl (C=O) groups is 2. The van der Waals surface area contributed by atoms with Crippen LogP contribution in [0.2, 0.25) is 0 Å². The highest BCUT2D eigenvalue weighted by Gasteiger charge is 2.28. The van der Waals surface area contributed by atoms with E-state index in [0.29, 0.717) is 4.88 Å². The molecule has 4 nitrogen and oxygen atoms in total. The second kappa shape index (κ2) is 5.38. The van der Waals surface area contributed by atoms with Crippen molar-refractivity contribution < 1.29 is 27.9 Å². The predicted octanol–water partition coefficient (Wildman–Crippen LogP) is 3.04. The molecule has 0 atom stereocenters. The smallest absolute Gasteiger partial charge is 0.389 e. The fourth-order valence-corrected chi connectivity index (χ4v) is 2.13. The van der Waals surface area contributed by atoms with Gasteiger partial charge in [0.2, 0.25) is 5.91 Å². The van der Waals surface area contributed by atoms with Crippen LogP contribution in [0, 0.1) is 6.92 Å². The van der Waals surface area contributed by atoms with Gasteiger partial charge in [-0.15, -0.1) is 11.3 Å². The minimum absolute atomic E-state index is 0.0622. The molecular weight excluding hydrogens is 271 g/mol. The monoisotopic (exact) mass is 281 g/mol. The van der Waals surface area contributed by atoms with E-state index in [0.717, 1.165) is 11.3 Å². The molecule has 0 unspecified atom stereocenters. The first kappa shape index (κ1) is 14.5. The third kappa shape index (κ3) is 4.36. The molecule has 0 fully saturated rings. The summed E-state index contributed by atoms with van der Waals surface area (Å²) in [6.45, 7) is 1.64. The molecule has 8 heteroatoms. The summed E-state index contributed by atoms with van der Waals surface area (Å²) in [6, 6.07) is 1.35. The van der Waals surface area contributed by atoms with Crippen LogP contribution in [0.15, 0.2) is 6.07 Å². The first-order chi connectivity index (χ1) is 8.19. The Morgan fingerprint density at radius 2 is 2.06 bits per heavy atom. The van der Waals surface area contributed by atoms with Crippen molar-refractivity contribution in [3.8, 4) is 0 Å². The number of carboxylic acids is 1. The molecule has 18 heavy (non-hydrogen) atoms. The molecule has 1 amide bonds. The number of aromatic carboxylic acids is 1. The quantitative estimate of drug-likeness (QED) is 0.891. The van der Waals surface area contributed by atoms with E-state index >= 15 is 0 Å². The standard InChI is InChI=1S/C10H10F3NO3S/c1-5-4-6(9(16)17)8(18-5)14-7(15)2-3-10(11,12)13/h4H,2-3H2,1H3,(H,14,15)(H,16,17). The summed E-state index contributed by atoms with van der Waals surface area (Å²) in [6.07, 6.45) is -6.36. The van der Waals surface area contributed by atoms with Crippen molar-refractivity contribution in [2.24, 2.45) is 0 Å². The number of amides is 1. The molecule has 1 aromatic rings. The number of halogens is 3. The molecule has 1 aromatic heterocycles. The number of anilines is 1. The van der Waals surface area contributed by atoms with E-state index in [1.165, 1.54) is 6.07 Å². The topological polar surface area (TPSA) is 66.4 Å². The summed E-state index contributed by atoms with van der Waals surface area (Å²) in [5.41, 5.74) is -0.113. The van der Waals surface area contributed by atoms with Gasteiger partial charge in [-0.2, -0.15) is 13.2 Å². The molecule has 0 bridgehead atoms. The van der Waals surface area contributed by atoms with E-state index in [1.807, 2.05) is 0 Å². The van der Waals surface area contributed by atoms with Crippen LogP contribution in [0.3, 0.4) is 0 Å². The van der Waals surface area contributed by atoms with Gasteiger partial charge in [-0.05, 0) is 13.0 Å². The Morgan fingerprint density at radius 1 is 1.44 bits per heavy atom. The van der Waals surface area contributed by atoms with Crippen LogP contribution >= 0.6 is 11.3 Å². The highest BCUT2D eigenvalue weighted by molar-refractivity contribution is 7.16. The number of hydrogen-bond acceptors (Lipinski definition) is 3. The van der Waals surface area contributed by atoms with Gasteiger partial charge in [0.15, 0.2) is 0 Å². The molecule has 0 saturated carbocycles. The lowest BCUT2D eigenvalue weighted by molar-refractivity contribution is -0.142. The van der Waals surface area contributed by atoms with Gasteiger partial charge in [0.25, 0.3) is 0 Å². The summed E-state index contributed by atoms with van der Waals surface area (Å²) in [7, 11) is 0. The first-order valence-electron chi connectivity index (χ1n) is 4.89. The van der Waals surface area contributed by atoms with E-state index in [9.17, 15) is 22.8 Å². The third-order valence-corrected chi connectivity index (χ3v) is 2.94. The molecule has 0 aromatic carbocycles. The van der Waals surface area contributed by atoms with Gasteiger partial charge in [-0.3, -0.25) is 4.79 Å².